The number of carbonyl (C=O) groups excluding carboxylic acids is 1. The van der Waals surface area contributed by atoms with Gasteiger partial charge in [-0.05, 0) is 41.8 Å². The van der Waals surface area contributed by atoms with Crippen molar-refractivity contribution in [2.75, 3.05) is 13.6 Å². The first kappa shape index (κ1) is 32.3. The highest BCUT2D eigenvalue weighted by atomic mass is 16.7. The third-order valence-corrected chi connectivity index (χ3v) is 8.40. The number of aliphatic hydroxyl groups is 2. The third-order valence-electron chi connectivity index (χ3n) is 8.40. The van der Waals surface area contributed by atoms with Crippen LogP contribution in [0.15, 0.2) is 109 Å². The van der Waals surface area contributed by atoms with Crippen LogP contribution in [0.1, 0.15) is 65.2 Å². The number of rotatable bonds is 12. The zero-order valence-electron chi connectivity index (χ0n) is 25.9. The molecular weight excluding hydrogens is 566 g/mol. The van der Waals surface area contributed by atoms with Crippen LogP contribution in [0.2, 0.25) is 0 Å². The number of nitrogens with one attached hydrogen (secondary N) is 2. The number of carbonyl (C=O) groups is 1. The van der Waals surface area contributed by atoms with Gasteiger partial charge in [-0.1, -0.05) is 109 Å². The molecule has 1 aliphatic rings. The molecule has 45 heavy (non-hydrogen) atoms. The molecule has 8 heteroatoms. The van der Waals surface area contributed by atoms with E-state index in [-0.39, 0.29) is 30.9 Å². The van der Waals surface area contributed by atoms with E-state index in [1.807, 2.05) is 123 Å². The topological polar surface area (TPSA) is 103 Å². The van der Waals surface area contributed by atoms with Crippen LogP contribution in [0.4, 0.5) is 4.79 Å². The summed E-state index contributed by atoms with van der Waals surface area (Å²) >= 11 is 0. The van der Waals surface area contributed by atoms with Crippen LogP contribution in [0.3, 0.4) is 0 Å². The van der Waals surface area contributed by atoms with Crippen molar-refractivity contribution >= 4 is 6.03 Å². The maximum atomic E-state index is 12.3. The second-order valence-corrected chi connectivity index (χ2v) is 11.6. The second-order valence-electron chi connectivity index (χ2n) is 11.6. The van der Waals surface area contributed by atoms with E-state index in [0.717, 1.165) is 33.4 Å². The predicted molar refractivity (Wildman–Crippen MR) is 174 cm³/mol. The Morgan fingerprint density at radius 3 is 1.98 bits per heavy atom. The number of amides is 2. The Kier molecular flexibility index (Phi) is 11.4. The van der Waals surface area contributed by atoms with Crippen LogP contribution >= 0.6 is 0 Å². The molecule has 0 aliphatic carbocycles. The minimum absolute atomic E-state index is 0.0114. The summed E-state index contributed by atoms with van der Waals surface area (Å²) in [6, 6.07) is 34.9. The monoisotopic (exact) mass is 609 g/mol. The van der Waals surface area contributed by atoms with Gasteiger partial charge in [-0.2, -0.15) is 0 Å². The number of nitrogens with zero attached hydrogens (tertiary/aromatic N) is 1. The molecule has 4 N–H and O–H groups in total. The number of hydrogen-bond donors (Lipinski definition) is 4. The fraction of sp³-hybridized carbons (Fsp3) is 0.324. The Labute approximate surface area is 265 Å². The van der Waals surface area contributed by atoms with E-state index >= 15 is 0 Å². The van der Waals surface area contributed by atoms with Gasteiger partial charge in [-0.15, -0.1) is 0 Å². The summed E-state index contributed by atoms with van der Waals surface area (Å²) in [5, 5.41) is 26.3. The molecule has 2 amide bonds. The van der Waals surface area contributed by atoms with Crippen LogP contribution in [0.25, 0.3) is 0 Å². The molecule has 5 rings (SSSR count). The first-order chi connectivity index (χ1) is 21.9. The highest BCUT2D eigenvalue weighted by Gasteiger charge is 2.34. The maximum absolute atomic E-state index is 12.3. The summed E-state index contributed by atoms with van der Waals surface area (Å²) < 4.78 is 13.0. The molecule has 8 nitrogen and oxygen atoms in total. The van der Waals surface area contributed by atoms with Crippen LogP contribution < -0.4 is 10.6 Å². The molecule has 0 radical (unpaired) electrons. The van der Waals surface area contributed by atoms with Crippen LogP contribution in [0.5, 0.6) is 0 Å². The van der Waals surface area contributed by atoms with Crippen molar-refractivity contribution in [3.05, 3.63) is 143 Å². The fourth-order valence-electron chi connectivity index (χ4n) is 5.51. The molecule has 1 saturated heterocycles. The SMILES string of the molecule is C[C@@H]([C@H](O)c1ccccc1)N(C)C[C@@H]1C[C@H](c2ccc(CO)cc2)O[C@H](c2ccc(CNC(=O)NCc3ccccc3)cc2)O1. The highest BCUT2D eigenvalue weighted by molar-refractivity contribution is 5.73. The molecule has 0 saturated carbocycles. The molecular formula is C37H43N3O5. The lowest BCUT2D eigenvalue weighted by Gasteiger charge is -2.39. The predicted octanol–water partition coefficient (Wildman–Crippen LogP) is 5.78. The van der Waals surface area contributed by atoms with Crippen molar-refractivity contribution < 1.29 is 24.5 Å². The lowest BCUT2D eigenvalue weighted by Crippen LogP contribution is -2.43. The molecule has 0 unspecified atom stereocenters. The number of aliphatic hydroxyl groups excluding tert-OH is 2. The summed E-state index contributed by atoms with van der Waals surface area (Å²) in [5.74, 6) is 0. The first-order valence-corrected chi connectivity index (χ1v) is 15.5. The number of likely N-dealkylation sites (N-methyl/N-ethyl adjacent to an activating group) is 1. The van der Waals surface area contributed by atoms with Crippen molar-refractivity contribution in [3.63, 3.8) is 0 Å². The summed E-state index contributed by atoms with van der Waals surface area (Å²) in [6.45, 7) is 3.47. The fourth-order valence-corrected chi connectivity index (χ4v) is 5.51. The molecule has 0 aromatic heterocycles. The van der Waals surface area contributed by atoms with Crippen LogP contribution in [0, 0.1) is 0 Å². The van der Waals surface area contributed by atoms with Gasteiger partial charge < -0.3 is 30.3 Å². The van der Waals surface area contributed by atoms with E-state index in [9.17, 15) is 15.0 Å². The van der Waals surface area contributed by atoms with E-state index < -0.39 is 12.4 Å². The Morgan fingerprint density at radius 2 is 1.36 bits per heavy atom. The first-order valence-electron chi connectivity index (χ1n) is 15.5. The zero-order valence-corrected chi connectivity index (χ0v) is 25.9. The van der Waals surface area contributed by atoms with Gasteiger partial charge in [0.2, 0.25) is 0 Å². The normalized spacial score (nSPS) is 19.5. The molecule has 1 fully saturated rings. The van der Waals surface area contributed by atoms with Gasteiger partial charge >= 0.3 is 6.03 Å². The Bertz CT molecular complexity index is 1470. The Morgan fingerprint density at radius 1 is 0.800 bits per heavy atom. The van der Waals surface area contributed by atoms with E-state index in [1.165, 1.54) is 0 Å². The number of hydrogen-bond acceptors (Lipinski definition) is 6. The molecule has 1 heterocycles. The molecule has 4 aromatic carbocycles. The second kappa shape index (κ2) is 15.8. The maximum Gasteiger partial charge on any atom is 0.315 e. The van der Waals surface area contributed by atoms with Gasteiger partial charge in [0.15, 0.2) is 6.29 Å². The van der Waals surface area contributed by atoms with Crippen molar-refractivity contribution in [1.29, 1.82) is 0 Å². The number of urea groups is 1. The van der Waals surface area contributed by atoms with Gasteiger partial charge in [0, 0.05) is 37.7 Å². The Balaban J connectivity index is 1.23. The average Bonchev–Trinajstić information content (AvgIpc) is 3.10. The number of ether oxygens (including phenoxy) is 2. The van der Waals surface area contributed by atoms with E-state index in [0.29, 0.717) is 26.1 Å². The lowest BCUT2D eigenvalue weighted by atomic mass is 9.98. The van der Waals surface area contributed by atoms with Crippen molar-refractivity contribution in [1.82, 2.24) is 15.5 Å². The van der Waals surface area contributed by atoms with Gasteiger partial charge in [-0.25, -0.2) is 4.79 Å². The summed E-state index contributed by atoms with van der Waals surface area (Å²) in [7, 11) is 2.01. The van der Waals surface area contributed by atoms with E-state index in [1.54, 1.807) is 0 Å². The van der Waals surface area contributed by atoms with Gasteiger partial charge in [-0.3, -0.25) is 4.90 Å². The third kappa shape index (κ3) is 9.00. The molecule has 1 aliphatic heterocycles. The zero-order chi connectivity index (χ0) is 31.6. The Hall–Kier alpha value is -4.05. The van der Waals surface area contributed by atoms with E-state index in [4.69, 9.17) is 9.47 Å². The molecule has 236 valence electrons. The van der Waals surface area contributed by atoms with Crippen molar-refractivity contribution in [3.8, 4) is 0 Å². The summed E-state index contributed by atoms with van der Waals surface area (Å²) in [4.78, 5) is 14.4. The van der Waals surface area contributed by atoms with Gasteiger partial charge in [0.1, 0.15) is 0 Å². The lowest BCUT2D eigenvalue weighted by molar-refractivity contribution is -0.253. The van der Waals surface area contributed by atoms with Gasteiger partial charge in [0.05, 0.1) is 24.9 Å². The minimum Gasteiger partial charge on any atom is -0.392 e. The molecule has 5 atom stereocenters. The molecule has 4 aromatic rings. The summed E-state index contributed by atoms with van der Waals surface area (Å²) in [6.07, 6.45) is -0.941. The molecule has 0 spiro atoms. The minimum atomic E-state index is -0.629. The number of benzene rings is 4. The van der Waals surface area contributed by atoms with Crippen molar-refractivity contribution in [2.24, 2.45) is 0 Å². The van der Waals surface area contributed by atoms with Crippen molar-refractivity contribution in [2.45, 2.75) is 63.7 Å². The quantitative estimate of drug-likeness (QED) is 0.163. The standard InChI is InChI=1S/C37H43N3O5/c1-26(35(42)31-11-7-4-8-12-31)40(2)24-33-21-34(30-17-15-29(25-41)16-18-30)45-36(44-33)32-19-13-28(14-20-32)23-39-37(43)38-22-27-9-5-3-6-10-27/h3-20,26,33-36,41-42H,21-25H2,1-2H3,(H2,38,39,43)/t26-,33-,34+,35-,36+/m0/s1. The van der Waals surface area contributed by atoms with Crippen LogP contribution in [-0.2, 0) is 29.2 Å². The smallest absolute Gasteiger partial charge is 0.315 e. The largest absolute Gasteiger partial charge is 0.392 e. The average molecular weight is 610 g/mol. The van der Waals surface area contributed by atoms with E-state index in [2.05, 4.69) is 15.5 Å². The summed E-state index contributed by atoms with van der Waals surface area (Å²) in [5.41, 5.74) is 5.63. The van der Waals surface area contributed by atoms with Crippen LogP contribution in [-0.4, -0.2) is 46.9 Å². The molecule has 0 bridgehead atoms. The highest BCUT2D eigenvalue weighted by Crippen LogP contribution is 2.38. The van der Waals surface area contributed by atoms with Gasteiger partial charge in [0.25, 0.3) is 0 Å².